The van der Waals surface area contributed by atoms with Gasteiger partial charge in [0.2, 0.25) is 0 Å². The third kappa shape index (κ3) is 2.60. The molecular formula is C9H9ClFNO2. The van der Waals surface area contributed by atoms with Crippen molar-refractivity contribution in [3.8, 4) is 0 Å². The second kappa shape index (κ2) is 4.81. The third-order valence-electron chi connectivity index (χ3n) is 1.46. The first-order valence-electron chi connectivity index (χ1n) is 4.03. The Morgan fingerprint density at radius 1 is 1.64 bits per heavy atom. The fraction of sp³-hybridized carbons (Fsp3) is 0.222. The normalized spacial score (nSPS) is 9.64. The van der Waals surface area contributed by atoms with E-state index in [-0.39, 0.29) is 17.3 Å². The monoisotopic (exact) mass is 217 g/mol. The molecule has 14 heavy (non-hydrogen) atoms. The molecule has 0 bridgehead atoms. The summed E-state index contributed by atoms with van der Waals surface area (Å²) in [5.41, 5.74) is 0.0101. The summed E-state index contributed by atoms with van der Waals surface area (Å²) in [5.74, 6) is -0.665. The lowest BCUT2D eigenvalue weighted by molar-refractivity contribution is 0.168. The molecule has 0 aliphatic carbocycles. The molecule has 0 fully saturated rings. The second-order valence-electron chi connectivity index (χ2n) is 2.45. The zero-order valence-electron chi connectivity index (χ0n) is 7.51. The number of hydrogen-bond acceptors (Lipinski definition) is 2. The summed E-state index contributed by atoms with van der Waals surface area (Å²) in [6, 6.07) is 4.33. The van der Waals surface area contributed by atoms with Crippen molar-refractivity contribution in [3.63, 3.8) is 0 Å². The molecule has 0 atom stereocenters. The van der Waals surface area contributed by atoms with E-state index in [1.54, 1.807) is 6.92 Å². The van der Waals surface area contributed by atoms with Crippen LogP contribution in [0.15, 0.2) is 18.2 Å². The number of benzene rings is 1. The van der Waals surface area contributed by atoms with E-state index < -0.39 is 11.9 Å². The molecule has 0 spiro atoms. The largest absolute Gasteiger partial charge is 0.450 e. The Kier molecular flexibility index (Phi) is 3.71. The molecule has 1 aromatic carbocycles. The van der Waals surface area contributed by atoms with Gasteiger partial charge in [-0.25, -0.2) is 9.18 Å². The first-order valence-corrected chi connectivity index (χ1v) is 4.40. The topological polar surface area (TPSA) is 38.3 Å². The molecule has 3 nitrogen and oxygen atoms in total. The highest BCUT2D eigenvalue weighted by molar-refractivity contribution is 6.31. The lowest BCUT2D eigenvalue weighted by Crippen LogP contribution is -2.14. The second-order valence-corrected chi connectivity index (χ2v) is 2.85. The minimum Gasteiger partial charge on any atom is -0.450 e. The van der Waals surface area contributed by atoms with E-state index in [9.17, 15) is 9.18 Å². The highest BCUT2D eigenvalue weighted by Crippen LogP contribution is 2.21. The lowest BCUT2D eigenvalue weighted by Gasteiger charge is -2.06. The first-order chi connectivity index (χ1) is 6.65. The van der Waals surface area contributed by atoms with Crippen LogP contribution in [0, 0.1) is 5.82 Å². The highest BCUT2D eigenvalue weighted by Gasteiger charge is 2.09. The number of ether oxygens (including phenoxy) is 1. The van der Waals surface area contributed by atoms with Gasteiger partial charge in [0.05, 0.1) is 17.3 Å². The third-order valence-corrected chi connectivity index (χ3v) is 1.76. The standard InChI is InChI=1S/C9H9ClFNO2/c1-2-14-9(13)12-7-5-3-4-6(10)8(7)11/h3-5H,2H2,1H3,(H,12,13). The molecule has 0 heterocycles. The maximum atomic E-state index is 13.2. The average Bonchev–Trinajstić information content (AvgIpc) is 2.13. The van der Waals surface area contributed by atoms with Gasteiger partial charge >= 0.3 is 6.09 Å². The minimum atomic E-state index is -0.700. The van der Waals surface area contributed by atoms with Crippen LogP contribution in [0.4, 0.5) is 14.9 Å². The number of nitrogens with one attached hydrogen (secondary N) is 1. The van der Waals surface area contributed by atoms with Gasteiger partial charge in [0.25, 0.3) is 0 Å². The average molecular weight is 218 g/mol. The van der Waals surface area contributed by atoms with Crippen LogP contribution in [-0.4, -0.2) is 12.7 Å². The number of halogens is 2. The molecule has 76 valence electrons. The van der Waals surface area contributed by atoms with Crippen molar-refractivity contribution >= 4 is 23.4 Å². The summed E-state index contributed by atoms with van der Waals surface area (Å²) < 4.78 is 17.8. The first kappa shape index (κ1) is 10.8. The van der Waals surface area contributed by atoms with Gasteiger partial charge in [-0.05, 0) is 19.1 Å². The fourth-order valence-corrected chi connectivity index (χ4v) is 1.05. The van der Waals surface area contributed by atoms with Crippen LogP contribution in [0.2, 0.25) is 5.02 Å². The molecule has 1 aromatic rings. The highest BCUT2D eigenvalue weighted by atomic mass is 35.5. The van der Waals surface area contributed by atoms with Crippen molar-refractivity contribution in [2.24, 2.45) is 0 Å². The van der Waals surface area contributed by atoms with Crippen LogP contribution in [0.3, 0.4) is 0 Å². The van der Waals surface area contributed by atoms with E-state index in [1.807, 2.05) is 0 Å². The van der Waals surface area contributed by atoms with E-state index in [0.717, 1.165) is 0 Å². The quantitative estimate of drug-likeness (QED) is 0.827. The van der Waals surface area contributed by atoms with Crippen LogP contribution >= 0.6 is 11.6 Å². The van der Waals surface area contributed by atoms with Crippen LogP contribution in [0.25, 0.3) is 0 Å². The van der Waals surface area contributed by atoms with Crippen molar-refractivity contribution in [1.29, 1.82) is 0 Å². The molecule has 0 aliphatic heterocycles. The Labute approximate surface area is 85.8 Å². The number of anilines is 1. The summed E-state index contributed by atoms with van der Waals surface area (Å²) in [6.45, 7) is 1.89. The molecule has 0 aliphatic rings. The Bertz CT molecular complexity index is 344. The number of carbonyl (C=O) groups excluding carboxylic acids is 1. The van der Waals surface area contributed by atoms with Crippen molar-refractivity contribution in [1.82, 2.24) is 0 Å². The Morgan fingerprint density at radius 3 is 3.00 bits per heavy atom. The molecule has 0 saturated carbocycles. The fourth-order valence-electron chi connectivity index (χ4n) is 0.877. The predicted molar refractivity (Wildman–Crippen MR) is 52.1 cm³/mol. The molecule has 1 N–H and O–H groups in total. The Balaban J connectivity index is 2.76. The van der Waals surface area contributed by atoms with Crippen LogP contribution in [0.1, 0.15) is 6.92 Å². The van der Waals surface area contributed by atoms with Crippen molar-refractivity contribution in [2.45, 2.75) is 6.92 Å². The van der Waals surface area contributed by atoms with Gasteiger partial charge < -0.3 is 4.74 Å². The van der Waals surface area contributed by atoms with Gasteiger partial charge in [0.1, 0.15) is 0 Å². The molecular weight excluding hydrogens is 209 g/mol. The predicted octanol–water partition coefficient (Wildman–Crippen LogP) is 3.05. The SMILES string of the molecule is CCOC(=O)Nc1cccc(Cl)c1F. The minimum absolute atomic E-state index is 0.0101. The number of hydrogen-bond donors (Lipinski definition) is 1. The smallest absolute Gasteiger partial charge is 0.411 e. The van der Waals surface area contributed by atoms with Crippen molar-refractivity contribution < 1.29 is 13.9 Å². The zero-order valence-corrected chi connectivity index (χ0v) is 8.27. The molecule has 5 heteroatoms. The number of rotatable bonds is 2. The van der Waals surface area contributed by atoms with Gasteiger partial charge in [-0.1, -0.05) is 17.7 Å². The van der Waals surface area contributed by atoms with E-state index in [4.69, 9.17) is 11.6 Å². The van der Waals surface area contributed by atoms with Gasteiger partial charge in [0.15, 0.2) is 5.82 Å². The molecule has 0 aromatic heterocycles. The van der Waals surface area contributed by atoms with Crippen molar-refractivity contribution in [3.05, 3.63) is 29.0 Å². The van der Waals surface area contributed by atoms with Gasteiger partial charge in [0, 0.05) is 0 Å². The van der Waals surface area contributed by atoms with E-state index in [0.29, 0.717) is 0 Å². The summed E-state index contributed by atoms with van der Waals surface area (Å²) in [5, 5.41) is 2.19. The molecule has 0 saturated heterocycles. The summed E-state index contributed by atoms with van der Waals surface area (Å²) in [7, 11) is 0. The summed E-state index contributed by atoms with van der Waals surface area (Å²) in [6.07, 6.45) is -0.700. The van der Waals surface area contributed by atoms with Crippen LogP contribution < -0.4 is 5.32 Å². The summed E-state index contributed by atoms with van der Waals surface area (Å²) >= 11 is 5.51. The van der Waals surface area contributed by atoms with Crippen LogP contribution in [0.5, 0.6) is 0 Å². The Hall–Kier alpha value is -1.29. The molecule has 0 unspecified atom stereocenters. The van der Waals surface area contributed by atoms with Crippen molar-refractivity contribution in [2.75, 3.05) is 11.9 Å². The van der Waals surface area contributed by atoms with Gasteiger partial charge in [-0.15, -0.1) is 0 Å². The molecule has 1 amide bonds. The number of amides is 1. The van der Waals surface area contributed by atoms with E-state index >= 15 is 0 Å². The maximum Gasteiger partial charge on any atom is 0.411 e. The zero-order chi connectivity index (χ0) is 10.6. The molecule has 0 radical (unpaired) electrons. The summed E-state index contributed by atoms with van der Waals surface area (Å²) in [4.78, 5) is 10.9. The lowest BCUT2D eigenvalue weighted by atomic mass is 10.3. The van der Waals surface area contributed by atoms with E-state index in [1.165, 1.54) is 18.2 Å². The van der Waals surface area contributed by atoms with Gasteiger partial charge in [-0.2, -0.15) is 0 Å². The van der Waals surface area contributed by atoms with E-state index in [2.05, 4.69) is 10.1 Å². The molecule has 1 rings (SSSR count). The van der Waals surface area contributed by atoms with Crippen LogP contribution in [-0.2, 0) is 4.74 Å². The number of carbonyl (C=O) groups is 1. The Morgan fingerprint density at radius 2 is 2.36 bits per heavy atom. The van der Waals surface area contributed by atoms with Gasteiger partial charge in [-0.3, -0.25) is 5.32 Å². The maximum absolute atomic E-state index is 13.2.